The molecule has 0 saturated heterocycles. The Labute approximate surface area is 149 Å². The highest BCUT2D eigenvalue weighted by molar-refractivity contribution is 5.87. The van der Waals surface area contributed by atoms with Crippen molar-refractivity contribution < 1.29 is 18.0 Å². The molecule has 5 nitrogen and oxygen atoms in total. The largest absolute Gasteiger partial charge is 0.416 e. The van der Waals surface area contributed by atoms with Crippen LogP contribution in [0.25, 0.3) is 0 Å². The van der Waals surface area contributed by atoms with E-state index in [0.717, 1.165) is 23.5 Å². The highest BCUT2D eigenvalue weighted by atomic mass is 19.4. The Morgan fingerprint density at radius 1 is 1.50 bits per heavy atom. The number of anilines is 1. The average molecular weight is 364 g/mol. The number of fused-ring (bicyclic) bond motifs is 1. The molecule has 1 N–H and O–H groups in total. The first-order valence-corrected chi connectivity index (χ1v) is 8.13. The van der Waals surface area contributed by atoms with Crippen LogP contribution in [0.5, 0.6) is 0 Å². The zero-order valence-electron chi connectivity index (χ0n) is 14.3. The third kappa shape index (κ3) is 3.58. The van der Waals surface area contributed by atoms with Crippen LogP contribution in [-0.2, 0) is 23.9 Å². The van der Waals surface area contributed by atoms with Gasteiger partial charge >= 0.3 is 6.18 Å². The molecule has 0 bridgehead atoms. The number of carbonyl (C=O) groups is 1. The van der Waals surface area contributed by atoms with Gasteiger partial charge in [-0.05, 0) is 17.7 Å². The third-order valence-corrected chi connectivity index (χ3v) is 4.52. The summed E-state index contributed by atoms with van der Waals surface area (Å²) >= 11 is 0. The summed E-state index contributed by atoms with van der Waals surface area (Å²) in [5.74, 6) is 0.606. The highest BCUT2D eigenvalue weighted by Gasteiger charge is 2.30. The summed E-state index contributed by atoms with van der Waals surface area (Å²) in [6.45, 7) is 4.54. The molecule has 2 heterocycles. The van der Waals surface area contributed by atoms with Gasteiger partial charge in [0.2, 0.25) is 5.91 Å². The molecular formula is C18H19F3N4O. The maximum absolute atomic E-state index is 12.9. The molecule has 1 amide bonds. The van der Waals surface area contributed by atoms with Crippen molar-refractivity contribution in [2.45, 2.75) is 25.2 Å². The molecule has 8 heteroatoms. The number of benzene rings is 1. The first-order chi connectivity index (χ1) is 12.3. The van der Waals surface area contributed by atoms with Crippen LogP contribution in [0.4, 0.5) is 19.0 Å². The molecular weight excluding hydrogens is 345 g/mol. The number of likely N-dealkylation sites (N-methyl/N-ethyl adjacent to an activating group) is 1. The maximum Gasteiger partial charge on any atom is 0.416 e. The number of rotatable bonds is 4. The summed E-state index contributed by atoms with van der Waals surface area (Å²) in [6, 6.07) is 5.22. The molecule has 0 aliphatic carbocycles. The van der Waals surface area contributed by atoms with Gasteiger partial charge in [0.1, 0.15) is 5.82 Å². The summed E-state index contributed by atoms with van der Waals surface area (Å²) in [7, 11) is 1.70. The van der Waals surface area contributed by atoms with Crippen molar-refractivity contribution >= 4 is 11.7 Å². The van der Waals surface area contributed by atoms with Gasteiger partial charge in [0.25, 0.3) is 0 Å². The molecule has 0 spiro atoms. The molecule has 138 valence electrons. The lowest BCUT2D eigenvalue weighted by Crippen LogP contribution is -2.46. The van der Waals surface area contributed by atoms with Crippen molar-refractivity contribution in [1.29, 1.82) is 0 Å². The van der Waals surface area contributed by atoms with Gasteiger partial charge in [-0.3, -0.25) is 4.79 Å². The fourth-order valence-corrected chi connectivity index (χ4v) is 3.04. The number of alkyl halides is 3. The smallest absolute Gasteiger partial charge is 0.368 e. The Morgan fingerprint density at radius 3 is 2.96 bits per heavy atom. The first-order valence-electron chi connectivity index (χ1n) is 8.13. The summed E-state index contributed by atoms with van der Waals surface area (Å²) in [5.41, 5.74) is 0.729. The molecule has 1 atom stereocenters. The van der Waals surface area contributed by atoms with Crippen molar-refractivity contribution in [2.24, 2.45) is 0 Å². The first kappa shape index (κ1) is 18.0. The van der Waals surface area contributed by atoms with E-state index in [1.165, 1.54) is 12.1 Å². The van der Waals surface area contributed by atoms with Gasteiger partial charge in [-0.15, -0.1) is 0 Å². The van der Waals surface area contributed by atoms with Gasteiger partial charge in [0.15, 0.2) is 0 Å². The van der Waals surface area contributed by atoms with Crippen LogP contribution in [0.3, 0.4) is 0 Å². The van der Waals surface area contributed by atoms with Crippen LogP contribution in [0.15, 0.2) is 43.1 Å². The second kappa shape index (κ2) is 6.86. The molecule has 26 heavy (non-hydrogen) atoms. The van der Waals surface area contributed by atoms with E-state index in [9.17, 15) is 18.0 Å². The second-order valence-corrected chi connectivity index (χ2v) is 6.26. The van der Waals surface area contributed by atoms with Crippen LogP contribution in [0.2, 0.25) is 0 Å². The maximum atomic E-state index is 12.9. The van der Waals surface area contributed by atoms with Crippen molar-refractivity contribution in [1.82, 2.24) is 14.7 Å². The average Bonchev–Trinajstić information content (AvgIpc) is 3.02. The minimum atomic E-state index is -4.36. The Morgan fingerprint density at radius 2 is 2.27 bits per heavy atom. The van der Waals surface area contributed by atoms with Gasteiger partial charge in [-0.25, -0.2) is 4.68 Å². The number of amides is 1. The third-order valence-electron chi connectivity index (χ3n) is 4.52. The van der Waals surface area contributed by atoms with Crippen LogP contribution >= 0.6 is 0 Å². The number of nitrogens with zero attached hydrogens (tertiary/aromatic N) is 3. The van der Waals surface area contributed by atoms with Crippen LogP contribution in [-0.4, -0.2) is 40.2 Å². The molecule has 3 rings (SSSR count). The lowest BCUT2D eigenvalue weighted by Gasteiger charge is -2.32. The molecule has 2 aromatic rings. The van der Waals surface area contributed by atoms with E-state index in [1.807, 2.05) is 0 Å². The van der Waals surface area contributed by atoms with Crippen LogP contribution in [0.1, 0.15) is 16.7 Å². The van der Waals surface area contributed by atoms with E-state index in [2.05, 4.69) is 17.0 Å². The van der Waals surface area contributed by atoms with Crippen molar-refractivity contribution in [3.63, 3.8) is 0 Å². The molecule has 0 fully saturated rings. The Hall–Kier alpha value is -2.77. The summed E-state index contributed by atoms with van der Waals surface area (Å²) in [4.78, 5) is 13.3. The van der Waals surface area contributed by atoms with E-state index < -0.39 is 11.7 Å². The van der Waals surface area contributed by atoms with Crippen molar-refractivity contribution in [3.05, 3.63) is 59.8 Å². The lowest BCUT2D eigenvalue weighted by molar-refractivity contribution is -0.137. The van der Waals surface area contributed by atoms with Gasteiger partial charge in [0.05, 0.1) is 24.3 Å². The zero-order chi connectivity index (χ0) is 18.9. The number of hydrogen-bond acceptors (Lipinski definition) is 3. The molecule has 1 unspecified atom stereocenters. The molecule has 1 aromatic carbocycles. The minimum Gasteiger partial charge on any atom is -0.368 e. The summed E-state index contributed by atoms with van der Waals surface area (Å²) in [5, 5.41) is 7.55. The summed E-state index contributed by atoms with van der Waals surface area (Å²) < 4.78 is 40.3. The number of hydrogen-bond donors (Lipinski definition) is 1. The molecule has 1 aromatic heterocycles. The minimum absolute atomic E-state index is 0.0747. The van der Waals surface area contributed by atoms with Crippen LogP contribution in [0, 0.1) is 0 Å². The van der Waals surface area contributed by atoms with Crippen LogP contribution < -0.4 is 5.32 Å². The van der Waals surface area contributed by atoms with Gasteiger partial charge in [-0.1, -0.05) is 24.8 Å². The lowest BCUT2D eigenvalue weighted by atomic mass is 10.0. The fraction of sp³-hybridized carbons (Fsp3) is 0.333. The monoisotopic (exact) mass is 364 g/mol. The number of halogens is 3. The predicted octanol–water partition coefficient (Wildman–Crippen LogP) is 2.93. The number of carbonyl (C=O) groups excluding carboxylic acids is 1. The Kier molecular flexibility index (Phi) is 4.76. The Balaban J connectivity index is 1.77. The van der Waals surface area contributed by atoms with Gasteiger partial charge in [0, 0.05) is 25.6 Å². The van der Waals surface area contributed by atoms with Gasteiger partial charge < -0.3 is 10.2 Å². The quantitative estimate of drug-likeness (QED) is 0.849. The normalized spacial score (nSPS) is 16.5. The van der Waals surface area contributed by atoms with E-state index in [4.69, 9.17) is 0 Å². The summed E-state index contributed by atoms with van der Waals surface area (Å²) in [6.07, 6.45) is -1.10. The predicted molar refractivity (Wildman–Crippen MR) is 91.7 cm³/mol. The van der Waals surface area contributed by atoms with E-state index >= 15 is 0 Å². The van der Waals surface area contributed by atoms with E-state index in [0.29, 0.717) is 25.1 Å². The number of aromatic nitrogens is 2. The van der Waals surface area contributed by atoms with Crippen molar-refractivity contribution in [2.75, 3.05) is 18.9 Å². The highest BCUT2D eigenvalue weighted by Crippen LogP contribution is 2.31. The molecule has 1 aliphatic heterocycles. The number of nitrogens with one attached hydrogen (secondary N) is 1. The standard InChI is InChI=1S/C18H19F3N4O/c1-3-16(26)24(2)15-10-22-17-13(9-23-25(17)11-15)7-12-5-4-6-14(8-12)18(19,20)21/h3-6,8-9,15,22H,1,7,10-11H2,2H3. The molecule has 1 aliphatic rings. The topological polar surface area (TPSA) is 50.2 Å². The van der Waals surface area contributed by atoms with Gasteiger partial charge in [-0.2, -0.15) is 18.3 Å². The molecule has 0 saturated carbocycles. The molecule has 0 radical (unpaired) electrons. The van der Waals surface area contributed by atoms with E-state index in [1.54, 1.807) is 28.9 Å². The SMILES string of the molecule is C=CC(=O)N(C)C1CNc2c(Cc3cccc(C(F)(F)F)c3)cnn2C1. The van der Waals surface area contributed by atoms with Crippen molar-refractivity contribution in [3.8, 4) is 0 Å². The zero-order valence-corrected chi connectivity index (χ0v) is 14.3. The Bertz CT molecular complexity index is 828. The second-order valence-electron chi connectivity index (χ2n) is 6.26. The van der Waals surface area contributed by atoms with E-state index in [-0.39, 0.29) is 11.9 Å². The fourth-order valence-electron chi connectivity index (χ4n) is 3.04.